The molecule has 0 fully saturated rings. The number of pyridine rings is 1. The molecule has 0 aliphatic heterocycles. The molecule has 114 valence electrons. The smallest absolute Gasteiger partial charge is 0.134 e. The number of nitrogens with zero attached hydrogens (tertiary/aromatic N) is 1. The first-order valence-electron chi connectivity index (χ1n) is 8.30. The Labute approximate surface area is 137 Å². The minimum atomic E-state index is 1.02. The third-order valence-corrected chi connectivity index (χ3v) is 4.45. The maximum absolute atomic E-state index is 4.94. The zero-order valence-electron chi connectivity index (χ0n) is 13.1. The molecule has 0 saturated carbocycles. The number of nitrogens with one attached hydrogen (secondary N) is 1. The minimum Gasteiger partial charge on any atom is -0.340 e. The molecule has 0 saturated heterocycles. The van der Waals surface area contributed by atoms with Gasteiger partial charge in [0, 0.05) is 11.3 Å². The molecule has 2 nitrogen and oxygen atoms in total. The zero-order chi connectivity index (χ0) is 15.5. The quantitative estimate of drug-likeness (QED) is 0.703. The van der Waals surface area contributed by atoms with Gasteiger partial charge in [0.2, 0.25) is 0 Å². The van der Waals surface area contributed by atoms with E-state index in [1.54, 1.807) is 0 Å². The van der Waals surface area contributed by atoms with Crippen LogP contribution in [0.15, 0.2) is 66.7 Å². The molecule has 0 radical (unpaired) electrons. The molecule has 1 aliphatic carbocycles. The number of anilines is 2. The first-order valence-corrected chi connectivity index (χ1v) is 8.30. The summed E-state index contributed by atoms with van der Waals surface area (Å²) >= 11 is 0. The molecule has 4 rings (SSSR count). The van der Waals surface area contributed by atoms with Crippen LogP contribution in [0.4, 0.5) is 11.5 Å². The van der Waals surface area contributed by atoms with E-state index >= 15 is 0 Å². The Morgan fingerprint density at radius 1 is 0.783 bits per heavy atom. The summed E-state index contributed by atoms with van der Waals surface area (Å²) < 4.78 is 0. The lowest BCUT2D eigenvalue weighted by atomic mass is 9.91. The van der Waals surface area contributed by atoms with Gasteiger partial charge in [0.05, 0.1) is 5.69 Å². The molecule has 0 unspecified atom stereocenters. The number of hydrogen-bond acceptors (Lipinski definition) is 2. The number of aryl methyl sites for hydroxylation is 1. The van der Waals surface area contributed by atoms with Gasteiger partial charge < -0.3 is 5.32 Å². The number of hydrogen-bond donors (Lipinski definition) is 1. The Hall–Kier alpha value is -2.61. The molecular formula is C21H20N2. The van der Waals surface area contributed by atoms with Gasteiger partial charge in [0.1, 0.15) is 5.82 Å². The molecule has 2 aromatic carbocycles. The van der Waals surface area contributed by atoms with E-state index in [4.69, 9.17) is 4.98 Å². The first-order chi connectivity index (χ1) is 11.4. The van der Waals surface area contributed by atoms with E-state index in [-0.39, 0.29) is 0 Å². The van der Waals surface area contributed by atoms with Gasteiger partial charge in [0.15, 0.2) is 0 Å². The molecular weight excluding hydrogens is 280 g/mol. The van der Waals surface area contributed by atoms with Crippen molar-refractivity contribution in [3.05, 3.63) is 77.9 Å². The summed E-state index contributed by atoms with van der Waals surface area (Å²) in [5.74, 6) is 1.02. The first kappa shape index (κ1) is 14.0. The average molecular weight is 300 g/mol. The maximum Gasteiger partial charge on any atom is 0.134 e. The van der Waals surface area contributed by atoms with E-state index in [0.717, 1.165) is 30.0 Å². The summed E-state index contributed by atoms with van der Waals surface area (Å²) in [6.45, 7) is 0. The van der Waals surface area contributed by atoms with Crippen LogP contribution in [0.25, 0.3) is 11.3 Å². The number of rotatable bonds is 3. The zero-order valence-corrected chi connectivity index (χ0v) is 13.1. The highest BCUT2D eigenvalue weighted by molar-refractivity contribution is 5.68. The van der Waals surface area contributed by atoms with Crippen molar-refractivity contribution in [1.82, 2.24) is 4.98 Å². The van der Waals surface area contributed by atoms with Crippen LogP contribution >= 0.6 is 0 Å². The number of fused-ring (bicyclic) bond motifs is 1. The third-order valence-electron chi connectivity index (χ3n) is 4.45. The largest absolute Gasteiger partial charge is 0.340 e. The SMILES string of the molecule is c1ccc(Nc2nc(-c3ccccc3)cc3c2CCCC3)cc1. The highest BCUT2D eigenvalue weighted by atomic mass is 15.0. The fraction of sp³-hybridized carbons (Fsp3) is 0.190. The second kappa shape index (κ2) is 6.25. The van der Waals surface area contributed by atoms with Crippen molar-refractivity contribution in [2.24, 2.45) is 0 Å². The second-order valence-electron chi connectivity index (χ2n) is 6.06. The van der Waals surface area contributed by atoms with Crippen LogP contribution in [0.3, 0.4) is 0 Å². The van der Waals surface area contributed by atoms with Crippen LogP contribution in [-0.2, 0) is 12.8 Å². The van der Waals surface area contributed by atoms with Crippen LogP contribution in [0.2, 0.25) is 0 Å². The topological polar surface area (TPSA) is 24.9 Å². The van der Waals surface area contributed by atoms with Crippen LogP contribution in [0.1, 0.15) is 24.0 Å². The van der Waals surface area contributed by atoms with Gasteiger partial charge in [-0.05, 0) is 55.0 Å². The van der Waals surface area contributed by atoms with Gasteiger partial charge in [-0.25, -0.2) is 4.98 Å². The van der Waals surface area contributed by atoms with Crippen molar-refractivity contribution >= 4 is 11.5 Å². The maximum atomic E-state index is 4.94. The summed E-state index contributed by atoms with van der Waals surface area (Å²) in [6.07, 6.45) is 4.80. The fourth-order valence-electron chi connectivity index (χ4n) is 3.26. The summed E-state index contributed by atoms with van der Waals surface area (Å²) in [6, 6.07) is 23.0. The normalized spacial score (nSPS) is 13.4. The van der Waals surface area contributed by atoms with Gasteiger partial charge in [-0.2, -0.15) is 0 Å². The van der Waals surface area contributed by atoms with Gasteiger partial charge in [-0.1, -0.05) is 48.5 Å². The van der Waals surface area contributed by atoms with Gasteiger partial charge in [0.25, 0.3) is 0 Å². The van der Waals surface area contributed by atoms with Crippen LogP contribution in [0, 0.1) is 0 Å². The Morgan fingerprint density at radius 2 is 1.48 bits per heavy atom. The Balaban J connectivity index is 1.80. The molecule has 2 heteroatoms. The van der Waals surface area contributed by atoms with E-state index in [1.807, 2.05) is 12.1 Å². The van der Waals surface area contributed by atoms with Crippen LogP contribution < -0.4 is 5.32 Å². The van der Waals surface area contributed by atoms with Crippen LogP contribution in [-0.4, -0.2) is 4.98 Å². The molecule has 0 bridgehead atoms. The summed E-state index contributed by atoms with van der Waals surface area (Å²) in [7, 11) is 0. The number of para-hydroxylation sites is 1. The predicted octanol–water partition coefficient (Wildman–Crippen LogP) is 5.37. The van der Waals surface area contributed by atoms with E-state index in [0.29, 0.717) is 0 Å². The molecule has 1 N–H and O–H groups in total. The van der Waals surface area contributed by atoms with Crippen molar-refractivity contribution in [3.8, 4) is 11.3 Å². The molecule has 0 atom stereocenters. The predicted molar refractivity (Wildman–Crippen MR) is 96.0 cm³/mol. The summed E-state index contributed by atoms with van der Waals surface area (Å²) in [5, 5.41) is 3.53. The molecule has 1 aromatic heterocycles. The lowest BCUT2D eigenvalue weighted by Crippen LogP contribution is -2.09. The van der Waals surface area contributed by atoms with Crippen molar-refractivity contribution in [3.63, 3.8) is 0 Å². The molecule has 0 amide bonds. The Bertz CT molecular complexity index is 795. The average Bonchev–Trinajstić information content (AvgIpc) is 2.63. The minimum absolute atomic E-state index is 1.02. The highest BCUT2D eigenvalue weighted by Gasteiger charge is 2.17. The standard InChI is InChI=1S/C21H20N2/c1-3-9-16(10-4-1)20-15-17-11-7-8-14-19(17)21(23-20)22-18-12-5-2-6-13-18/h1-6,9-10,12-13,15H,7-8,11,14H2,(H,22,23). The molecule has 3 aromatic rings. The highest BCUT2D eigenvalue weighted by Crippen LogP contribution is 2.32. The number of benzene rings is 2. The van der Waals surface area contributed by atoms with E-state index < -0.39 is 0 Å². The molecule has 1 heterocycles. The van der Waals surface area contributed by atoms with Gasteiger partial charge in [-0.15, -0.1) is 0 Å². The van der Waals surface area contributed by atoms with Gasteiger partial charge >= 0.3 is 0 Å². The molecule has 0 spiro atoms. The van der Waals surface area contributed by atoms with Crippen LogP contribution in [0.5, 0.6) is 0 Å². The summed E-state index contributed by atoms with van der Waals surface area (Å²) in [5.41, 5.74) is 6.17. The monoisotopic (exact) mass is 300 g/mol. The van der Waals surface area contributed by atoms with Gasteiger partial charge in [-0.3, -0.25) is 0 Å². The lowest BCUT2D eigenvalue weighted by molar-refractivity contribution is 0.684. The van der Waals surface area contributed by atoms with Crippen molar-refractivity contribution in [2.45, 2.75) is 25.7 Å². The molecule has 23 heavy (non-hydrogen) atoms. The second-order valence-corrected chi connectivity index (χ2v) is 6.06. The Morgan fingerprint density at radius 3 is 2.26 bits per heavy atom. The molecule has 1 aliphatic rings. The van der Waals surface area contributed by atoms with E-state index in [2.05, 4.69) is 59.9 Å². The van der Waals surface area contributed by atoms with Crippen molar-refractivity contribution < 1.29 is 0 Å². The van der Waals surface area contributed by atoms with Crippen molar-refractivity contribution in [1.29, 1.82) is 0 Å². The fourth-order valence-corrected chi connectivity index (χ4v) is 3.26. The summed E-state index contributed by atoms with van der Waals surface area (Å²) in [4.78, 5) is 4.94. The number of aromatic nitrogens is 1. The lowest BCUT2D eigenvalue weighted by Gasteiger charge is -2.21. The Kier molecular flexibility index (Phi) is 3.81. The van der Waals surface area contributed by atoms with Crippen molar-refractivity contribution in [2.75, 3.05) is 5.32 Å². The third kappa shape index (κ3) is 2.98. The van der Waals surface area contributed by atoms with E-state index in [9.17, 15) is 0 Å². The van der Waals surface area contributed by atoms with E-state index in [1.165, 1.54) is 29.5 Å².